The summed E-state index contributed by atoms with van der Waals surface area (Å²) in [6.07, 6.45) is 3.60. The second-order valence-corrected chi connectivity index (χ2v) is 7.10. The van der Waals surface area contributed by atoms with Gasteiger partial charge in [-0.1, -0.05) is 13.0 Å². The van der Waals surface area contributed by atoms with Gasteiger partial charge in [0.15, 0.2) is 0 Å². The molecule has 0 atom stereocenters. The van der Waals surface area contributed by atoms with Gasteiger partial charge in [-0.05, 0) is 85.4 Å². The van der Waals surface area contributed by atoms with Crippen molar-refractivity contribution in [3.63, 3.8) is 0 Å². The Labute approximate surface area is 141 Å². The van der Waals surface area contributed by atoms with Crippen molar-refractivity contribution in [2.45, 2.75) is 33.1 Å². The van der Waals surface area contributed by atoms with Crippen LogP contribution in [0.3, 0.4) is 0 Å². The molecular weight excluding hydrogens is 342 g/mol. The minimum atomic E-state index is -0.142. The lowest BCUT2D eigenvalue weighted by molar-refractivity contribution is 0.190. The van der Waals surface area contributed by atoms with E-state index in [1.54, 1.807) is 0 Å². The molecule has 0 bridgehead atoms. The van der Waals surface area contributed by atoms with Crippen LogP contribution in [0.2, 0.25) is 0 Å². The average Bonchev–Trinajstić information content (AvgIpc) is 2.48. The zero-order valence-corrected chi connectivity index (χ0v) is 15.1. The number of hydrogen-bond acceptors (Lipinski definition) is 2. The first-order valence-electron chi connectivity index (χ1n) is 8.08. The number of nitrogens with zero attached hydrogens (tertiary/aromatic N) is 1. The number of urea groups is 1. The van der Waals surface area contributed by atoms with Crippen LogP contribution in [-0.2, 0) is 0 Å². The highest BCUT2D eigenvalue weighted by Gasteiger charge is 2.14. The maximum atomic E-state index is 11.9. The predicted octanol–water partition coefficient (Wildman–Crippen LogP) is 4.00. The number of carbonyl (C=O) groups excluding carboxylic acids is 1. The van der Waals surface area contributed by atoms with Gasteiger partial charge in [-0.25, -0.2) is 4.79 Å². The number of hydrogen-bond donors (Lipinski definition) is 2. The van der Waals surface area contributed by atoms with Gasteiger partial charge in [-0.15, -0.1) is 0 Å². The van der Waals surface area contributed by atoms with Gasteiger partial charge >= 0.3 is 6.03 Å². The van der Waals surface area contributed by atoms with E-state index in [2.05, 4.69) is 38.4 Å². The molecule has 22 heavy (non-hydrogen) atoms. The topological polar surface area (TPSA) is 44.4 Å². The molecule has 1 fully saturated rings. The minimum Gasteiger partial charge on any atom is -0.338 e. The van der Waals surface area contributed by atoms with E-state index in [1.165, 1.54) is 25.9 Å². The molecule has 1 saturated heterocycles. The zero-order chi connectivity index (χ0) is 15.9. The third kappa shape index (κ3) is 5.61. The van der Waals surface area contributed by atoms with Crippen LogP contribution >= 0.6 is 15.9 Å². The van der Waals surface area contributed by atoms with E-state index in [1.807, 2.05) is 25.1 Å². The van der Waals surface area contributed by atoms with Crippen LogP contribution in [0.5, 0.6) is 0 Å². The molecule has 0 aromatic heterocycles. The van der Waals surface area contributed by atoms with Crippen LogP contribution in [-0.4, -0.2) is 37.1 Å². The Balaban J connectivity index is 1.63. The normalized spacial score (nSPS) is 16.5. The second-order valence-electron chi connectivity index (χ2n) is 6.24. The van der Waals surface area contributed by atoms with Crippen molar-refractivity contribution in [2.75, 3.05) is 31.5 Å². The van der Waals surface area contributed by atoms with Crippen molar-refractivity contribution in [2.24, 2.45) is 5.92 Å². The maximum Gasteiger partial charge on any atom is 0.319 e. The fourth-order valence-corrected chi connectivity index (χ4v) is 3.27. The van der Waals surface area contributed by atoms with E-state index in [-0.39, 0.29) is 6.03 Å². The molecule has 1 aromatic carbocycles. The van der Waals surface area contributed by atoms with Crippen molar-refractivity contribution >= 4 is 27.6 Å². The molecule has 2 amide bonds. The summed E-state index contributed by atoms with van der Waals surface area (Å²) >= 11 is 3.47. The number of benzene rings is 1. The molecule has 1 aliphatic rings. The number of halogens is 1. The molecule has 0 spiro atoms. The second kappa shape index (κ2) is 8.53. The van der Waals surface area contributed by atoms with Gasteiger partial charge in [0.1, 0.15) is 0 Å². The third-order valence-corrected chi connectivity index (χ3v) is 4.84. The summed E-state index contributed by atoms with van der Waals surface area (Å²) in [7, 11) is 0. The third-order valence-electron chi connectivity index (χ3n) is 4.19. The number of aryl methyl sites for hydroxylation is 1. The molecule has 0 radical (unpaired) electrons. The quantitative estimate of drug-likeness (QED) is 0.772. The first kappa shape index (κ1) is 17.3. The smallest absolute Gasteiger partial charge is 0.319 e. The number of amides is 2. The monoisotopic (exact) mass is 367 g/mol. The molecule has 1 aromatic rings. The number of likely N-dealkylation sites (tertiary alicyclic amines) is 1. The molecule has 0 saturated carbocycles. The summed E-state index contributed by atoms with van der Waals surface area (Å²) < 4.78 is 0.907. The number of anilines is 1. The molecule has 122 valence electrons. The maximum absolute atomic E-state index is 11.9. The van der Waals surface area contributed by atoms with Crippen molar-refractivity contribution in [1.29, 1.82) is 0 Å². The lowest BCUT2D eigenvalue weighted by Gasteiger charge is -2.30. The lowest BCUT2D eigenvalue weighted by atomic mass is 9.99. The van der Waals surface area contributed by atoms with Crippen LogP contribution in [0.1, 0.15) is 31.7 Å². The van der Waals surface area contributed by atoms with Gasteiger partial charge in [0.25, 0.3) is 0 Å². The molecular formula is C17H26BrN3O. The Morgan fingerprint density at radius 3 is 2.77 bits per heavy atom. The first-order chi connectivity index (χ1) is 10.5. The zero-order valence-electron chi connectivity index (χ0n) is 13.5. The summed E-state index contributed by atoms with van der Waals surface area (Å²) in [6.45, 7) is 8.53. The van der Waals surface area contributed by atoms with Gasteiger partial charge in [0.05, 0.1) is 5.69 Å². The van der Waals surface area contributed by atoms with Gasteiger partial charge < -0.3 is 15.5 Å². The standard InChI is InChI=1S/C17H26BrN3O/c1-13-6-10-21(11-7-13)9-3-8-19-17(22)20-16-5-4-14(2)12-15(16)18/h4-5,12-13H,3,6-11H2,1-2H3,(H2,19,20,22). The summed E-state index contributed by atoms with van der Waals surface area (Å²) in [5.74, 6) is 0.869. The Bertz CT molecular complexity index is 499. The molecule has 4 nitrogen and oxygen atoms in total. The average molecular weight is 368 g/mol. The highest BCUT2D eigenvalue weighted by atomic mass is 79.9. The van der Waals surface area contributed by atoms with Crippen LogP contribution in [0.25, 0.3) is 0 Å². The van der Waals surface area contributed by atoms with Crippen molar-refractivity contribution in [1.82, 2.24) is 10.2 Å². The van der Waals surface area contributed by atoms with E-state index in [0.29, 0.717) is 6.54 Å². The van der Waals surface area contributed by atoms with Gasteiger partial charge in [0.2, 0.25) is 0 Å². The van der Waals surface area contributed by atoms with Crippen LogP contribution in [0.15, 0.2) is 22.7 Å². The Hall–Kier alpha value is -1.07. The Morgan fingerprint density at radius 1 is 1.36 bits per heavy atom. The van der Waals surface area contributed by atoms with Crippen LogP contribution in [0.4, 0.5) is 10.5 Å². The fourth-order valence-electron chi connectivity index (χ4n) is 2.68. The SMILES string of the molecule is Cc1ccc(NC(=O)NCCCN2CCC(C)CC2)c(Br)c1. The molecule has 5 heteroatoms. The highest BCUT2D eigenvalue weighted by molar-refractivity contribution is 9.10. The fraction of sp³-hybridized carbons (Fsp3) is 0.588. The minimum absolute atomic E-state index is 0.142. The molecule has 1 heterocycles. The number of nitrogens with one attached hydrogen (secondary N) is 2. The summed E-state index contributed by atoms with van der Waals surface area (Å²) in [6, 6.07) is 5.75. The van der Waals surface area contributed by atoms with E-state index in [0.717, 1.165) is 34.6 Å². The molecule has 0 unspecified atom stereocenters. The number of carbonyl (C=O) groups is 1. The van der Waals surface area contributed by atoms with Gasteiger partial charge in [-0.3, -0.25) is 0 Å². The largest absolute Gasteiger partial charge is 0.338 e. The van der Waals surface area contributed by atoms with Gasteiger partial charge in [-0.2, -0.15) is 0 Å². The van der Waals surface area contributed by atoms with E-state index >= 15 is 0 Å². The van der Waals surface area contributed by atoms with Crippen LogP contribution in [0, 0.1) is 12.8 Å². The van der Waals surface area contributed by atoms with E-state index in [4.69, 9.17) is 0 Å². The Morgan fingerprint density at radius 2 is 2.09 bits per heavy atom. The van der Waals surface area contributed by atoms with E-state index < -0.39 is 0 Å². The summed E-state index contributed by atoms with van der Waals surface area (Å²) in [5.41, 5.74) is 1.96. The molecule has 0 aliphatic carbocycles. The van der Waals surface area contributed by atoms with Crippen LogP contribution < -0.4 is 10.6 Å². The molecule has 1 aliphatic heterocycles. The number of rotatable bonds is 5. The first-order valence-corrected chi connectivity index (χ1v) is 8.87. The predicted molar refractivity (Wildman–Crippen MR) is 95.4 cm³/mol. The highest BCUT2D eigenvalue weighted by Crippen LogP contribution is 2.23. The van der Waals surface area contributed by atoms with E-state index in [9.17, 15) is 4.79 Å². The molecule has 2 N–H and O–H groups in total. The number of piperidine rings is 1. The lowest BCUT2D eigenvalue weighted by Crippen LogP contribution is -2.36. The Kier molecular flexibility index (Phi) is 6.70. The molecule has 2 rings (SSSR count). The van der Waals surface area contributed by atoms with Crippen molar-refractivity contribution in [3.8, 4) is 0 Å². The summed E-state index contributed by atoms with van der Waals surface area (Å²) in [5, 5.41) is 5.79. The summed E-state index contributed by atoms with van der Waals surface area (Å²) in [4.78, 5) is 14.4. The van der Waals surface area contributed by atoms with Gasteiger partial charge in [0, 0.05) is 11.0 Å². The van der Waals surface area contributed by atoms with Crippen molar-refractivity contribution in [3.05, 3.63) is 28.2 Å². The van der Waals surface area contributed by atoms with Crippen molar-refractivity contribution < 1.29 is 4.79 Å².